The summed E-state index contributed by atoms with van der Waals surface area (Å²) in [6.45, 7) is 4.76. The third-order valence-corrected chi connectivity index (χ3v) is 10.5. The predicted molar refractivity (Wildman–Crippen MR) is 153 cm³/mol. The van der Waals surface area contributed by atoms with Crippen LogP contribution in [0, 0.1) is 17.2 Å². The number of benzene rings is 2. The van der Waals surface area contributed by atoms with Gasteiger partial charge in [0, 0.05) is 16.1 Å². The van der Waals surface area contributed by atoms with Crippen molar-refractivity contribution in [2.75, 3.05) is 12.3 Å². The number of nitrogens with one attached hydrogen (secondary N) is 1. The monoisotopic (exact) mass is 605 g/mol. The van der Waals surface area contributed by atoms with Crippen molar-refractivity contribution in [1.82, 2.24) is 10.2 Å². The van der Waals surface area contributed by atoms with Crippen molar-refractivity contribution in [3.63, 3.8) is 0 Å². The van der Waals surface area contributed by atoms with Gasteiger partial charge >= 0.3 is 0 Å². The first-order chi connectivity index (χ1) is 18.8. The summed E-state index contributed by atoms with van der Waals surface area (Å²) < 4.78 is 32.4. The maximum Gasteiger partial charge on any atom is 0.253 e. The first-order valence-corrected chi connectivity index (χ1v) is 15.6. The fraction of sp³-hybridized carbons (Fsp3) is 0.483. The second kappa shape index (κ2) is 12.1. The number of amides is 2. The average Bonchev–Trinajstić information content (AvgIpc) is 3.73. The second-order valence-electron chi connectivity index (χ2n) is 11.3. The Bertz CT molecular complexity index is 1400. The molecule has 4 rings (SSSR count). The first-order valence-electron chi connectivity index (χ1n) is 13.2. The molecule has 1 saturated heterocycles. The van der Waals surface area contributed by atoms with E-state index < -0.39 is 50.7 Å². The van der Waals surface area contributed by atoms with E-state index in [4.69, 9.17) is 33.2 Å². The summed E-state index contributed by atoms with van der Waals surface area (Å²) in [7, 11) is -3.62. The van der Waals surface area contributed by atoms with Crippen LogP contribution in [0.2, 0.25) is 10.0 Å². The molecule has 1 aliphatic carbocycles. The molecule has 8 nitrogen and oxygen atoms in total. The first kappa shape index (κ1) is 30.3. The Balaban J connectivity index is 1.86. The number of carbonyl (C=O) groups excluding carboxylic acids is 2. The molecule has 0 spiro atoms. The fourth-order valence-electron chi connectivity index (χ4n) is 4.98. The highest BCUT2D eigenvalue weighted by atomic mass is 35.5. The van der Waals surface area contributed by atoms with Crippen LogP contribution >= 0.6 is 23.2 Å². The maximum absolute atomic E-state index is 14.2. The largest absolute Gasteiger partial charge is 0.357 e. The highest BCUT2D eigenvalue weighted by molar-refractivity contribution is 7.92. The van der Waals surface area contributed by atoms with E-state index in [1.165, 1.54) is 0 Å². The van der Waals surface area contributed by atoms with Gasteiger partial charge in [0.05, 0.1) is 29.0 Å². The molecule has 1 N–H and O–H groups in total. The Morgan fingerprint density at radius 2 is 1.80 bits per heavy atom. The van der Waals surface area contributed by atoms with Gasteiger partial charge in [0.1, 0.15) is 18.8 Å². The molecule has 0 radical (unpaired) electrons. The van der Waals surface area contributed by atoms with Crippen LogP contribution in [0.1, 0.15) is 63.3 Å². The van der Waals surface area contributed by atoms with Crippen LogP contribution in [-0.4, -0.2) is 54.3 Å². The second-order valence-corrected chi connectivity index (χ2v) is 14.9. The highest BCUT2D eigenvalue weighted by Gasteiger charge is 2.52. The number of sulfone groups is 1. The molecule has 4 atom stereocenters. The molecule has 40 heavy (non-hydrogen) atoms. The normalized spacial score (nSPS) is 22.4. The van der Waals surface area contributed by atoms with Crippen molar-refractivity contribution in [1.29, 1.82) is 5.26 Å². The molecule has 0 unspecified atom stereocenters. The van der Waals surface area contributed by atoms with Crippen LogP contribution in [0.15, 0.2) is 48.5 Å². The fourth-order valence-corrected chi connectivity index (χ4v) is 6.69. The standard InChI is InChI=1S/C29H33Cl2N3O5S/c1-29(2,3)40(37,38)17-23(18-7-8-18)34-26(19-9-11-21(30)12-10-19)27(20-5-4-6-22(31)15-20)39-24(28(34)36)16-25(35)33-14-13-32/h4-6,9-12,15,18,23-24,26-27H,7-8,14,16-17H2,1-3H3,(H,33,35)/t23-,24-,26-,27-/m1/s1. The minimum Gasteiger partial charge on any atom is -0.357 e. The molecule has 214 valence electrons. The van der Waals surface area contributed by atoms with E-state index in [1.807, 2.05) is 12.1 Å². The van der Waals surface area contributed by atoms with Crippen molar-refractivity contribution in [2.45, 2.75) is 69.1 Å². The molecule has 1 heterocycles. The Morgan fingerprint density at radius 3 is 2.38 bits per heavy atom. The van der Waals surface area contributed by atoms with Crippen LogP contribution in [-0.2, 0) is 24.2 Å². The lowest BCUT2D eigenvalue weighted by Crippen LogP contribution is -2.58. The van der Waals surface area contributed by atoms with Gasteiger partial charge in [-0.25, -0.2) is 8.42 Å². The molecule has 1 saturated carbocycles. The number of nitriles is 1. The van der Waals surface area contributed by atoms with Crippen LogP contribution in [0.3, 0.4) is 0 Å². The Morgan fingerprint density at radius 1 is 1.12 bits per heavy atom. The van der Waals surface area contributed by atoms with E-state index in [2.05, 4.69) is 5.32 Å². The lowest BCUT2D eigenvalue weighted by atomic mass is 9.89. The van der Waals surface area contributed by atoms with Gasteiger partial charge in [-0.05, 0) is 74.9 Å². The summed E-state index contributed by atoms with van der Waals surface area (Å²) in [5, 5.41) is 12.3. The van der Waals surface area contributed by atoms with Crippen LogP contribution < -0.4 is 5.32 Å². The molecule has 1 aliphatic heterocycles. The Labute approximate surface area is 245 Å². The van der Waals surface area contributed by atoms with Gasteiger partial charge in [-0.2, -0.15) is 5.26 Å². The molecule has 2 amide bonds. The maximum atomic E-state index is 14.2. The quantitative estimate of drug-likeness (QED) is 0.401. The lowest BCUT2D eigenvalue weighted by Gasteiger charge is -2.48. The third-order valence-electron chi connectivity index (χ3n) is 7.40. The zero-order valence-electron chi connectivity index (χ0n) is 22.6. The number of carbonyl (C=O) groups is 2. The zero-order chi connectivity index (χ0) is 29.2. The van der Waals surface area contributed by atoms with E-state index in [0.29, 0.717) is 21.2 Å². The predicted octanol–water partition coefficient (Wildman–Crippen LogP) is 5.02. The Kier molecular flexibility index (Phi) is 9.15. The number of rotatable bonds is 9. The van der Waals surface area contributed by atoms with Gasteiger partial charge in [-0.1, -0.05) is 47.5 Å². The Hall–Kier alpha value is -2.64. The van der Waals surface area contributed by atoms with Crippen LogP contribution in [0.5, 0.6) is 0 Å². The minimum absolute atomic E-state index is 0.0120. The van der Waals surface area contributed by atoms with Crippen molar-refractivity contribution in [3.8, 4) is 6.07 Å². The molecule has 0 bridgehead atoms. The average molecular weight is 607 g/mol. The van der Waals surface area contributed by atoms with E-state index in [9.17, 15) is 18.0 Å². The third kappa shape index (κ3) is 6.80. The van der Waals surface area contributed by atoms with Crippen molar-refractivity contribution >= 4 is 44.9 Å². The molecular weight excluding hydrogens is 573 g/mol. The summed E-state index contributed by atoms with van der Waals surface area (Å²) in [6, 6.07) is 14.6. The molecule has 2 fully saturated rings. The van der Waals surface area contributed by atoms with E-state index in [1.54, 1.807) is 68.1 Å². The van der Waals surface area contributed by atoms with Gasteiger partial charge in [-0.15, -0.1) is 0 Å². The number of hydrogen-bond donors (Lipinski definition) is 1. The van der Waals surface area contributed by atoms with Crippen molar-refractivity contribution in [3.05, 3.63) is 69.7 Å². The molecule has 2 aliphatic rings. The van der Waals surface area contributed by atoms with E-state index in [0.717, 1.165) is 12.8 Å². The molecular formula is C29H33Cl2N3O5S. The number of morpholine rings is 1. The van der Waals surface area contributed by atoms with E-state index >= 15 is 0 Å². The highest BCUT2D eigenvalue weighted by Crippen LogP contribution is 2.48. The zero-order valence-corrected chi connectivity index (χ0v) is 25.0. The summed E-state index contributed by atoms with van der Waals surface area (Å²) in [5.41, 5.74) is 1.40. The minimum atomic E-state index is -3.62. The van der Waals surface area contributed by atoms with Gasteiger partial charge in [0.25, 0.3) is 5.91 Å². The molecule has 0 aromatic heterocycles. The number of halogens is 2. The van der Waals surface area contributed by atoms with Gasteiger partial charge < -0.3 is 15.0 Å². The van der Waals surface area contributed by atoms with E-state index in [-0.39, 0.29) is 24.6 Å². The SMILES string of the molecule is CC(C)(C)S(=O)(=O)C[C@H](C1CC1)N1C(=O)[C@@H](CC(=O)NCC#N)O[C@H](c2cccc(Cl)c2)[C@H]1c1ccc(Cl)cc1. The summed E-state index contributed by atoms with van der Waals surface area (Å²) in [6.07, 6.45) is -0.686. The summed E-state index contributed by atoms with van der Waals surface area (Å²) in [4.78, 5) is 28.5. The van der Waals surface area contributed by atoms with Gasteiger partial charge in [0.15, 0.2) is 9.84 Å². The summed E-state index contributed by atoms with van der Waals surface area (Å²) in [5.74, 6) is -1.21. The van der Waals surface area contributed by atoms with Gasteiger partial charge in [0.2, 0.25) is 5.91 Å². The molecule has 11 heteroatoms. The molecule has 2 aromatic rings. The van der Waals surface area contributed by atoms with Crippen LogP contribution in [0.4, 0.5) is 0 Å². The topological polar surface area (TPSA) is 117 Å². The summed E-state index contributed by atoms with van der Waals surface area (Å²) >= 11 is 12.6. The van der Waals surface area contributed by atoms with Crippen molar-refractivity contribution in [2.24, 2.45) is 5.92 Å². The van der Waals surface area contributed by atoms with Gasteiger partial charge in [-0.3, -0.25) is 9.59 Å². The number of ether oxygens (including phenoxy) is 1. The number of nitrogens with zero attached hydrogens (tertiary/aromatic N) is 2. The smallest absolute Gasteiger partial charge is 0.253 e. The molecule has 2 aromatic carbocycles. The van der Waals surface area contributed by atoms with Crippen molar-refractivity contribution < 1.29 is 22.7 Å². The number of hydrogen-bond acceptors (Lipinski definition) is 6. The van der Waals surface area contributed by atoms with Crippen LogP contribution in [0.25, 0.3) is 0 Å². The lowest BCUT2D eigenvalue weighted by molar-refractivity contribution is -0.181.